The molecule has 2 aromatic rings. The van der Waals surface area contributed by atoms with Crippen LogP contribution in [0.5, 0.6) is 0 Å². The number of nitrogens with two attached hydrogens (primary N) is 1. The Balaban J connectivity index is 2.47. The van der Waals surface area contributed by atoms with E-state index in [0.29, 0.717) is 42.1 Å². The first-order valence-electron chi connectivity index (χ1n) is 11.4. The van der Waals surface area contributed by atoms with Crippen molar-refractivity contribution in [3.63, 3.8) is 0 Å². The molecule has 0 amide bonds. The number of hydrogen-bond donors (Lipinski definition) is 4. The Morgan fingerprint density at radius 1 is 1.00 bits per heavy atom. The van der Waals surface area contributed by atoms with Crippen molar-refractivity contribution in [2.45, 2.75) is 63.9 Å². The summed E-state index contributed by atoms with van der Waals surface area (Å²) in [6.07, 6.45) is 2.60. The molecule has 0 saturated carbocycles. The molecule has 0 radical (unpaired) electrons. The smallest absolute Gasteiger partial charge is 0.238 e. The van der Waals surface area contributed by atoms with Gasteiger partial charge in [-0.1, -0.05) is 13.8 Å². The molecule has 2 unspecified atom stereocenters. The van der Waals surface area contributed by atoms with Crippen LogP contribution in [0.4, 0.5) is 29.0 Å². The first-order chi connectivity index (χ1) is 16.2. The Hall–Kier alpha value is -2.83. The maximum Gasteiger partial charge on any atom is 0.238 e. The second-order valence-corrected chi connectivity index (χ2v) is 9.57. The molecule has 0 saturated heterocycles. The lowest BCUT2D eigenvalue weighted by Gasteiger charge is -2.19. The standard InChI is InChI=1S/C22H36N8O3S/c1-6-15(3)25-21-19(30-29-17-9-11-18(12-10-17)34(23,31)32)20(24-13-8-14-33-5)27-22(28-21)26-16(4)7-2/h9-12,15-16H,6-8,13-14H2,1-5H3,(H2,23,31,32)(H3,24,25,26,27,28). The van der Waals surface area contributed by atoms with Gasteiger partial charge < -0.3 is 20.7 Å². The minimum absolute atomic E-state index is 0.00915. The summed E-state index contributed by atoms with van der Waals surface area (Å²) in [5.74, 6) is 1.58. The lowest BCUT2D eigenvalue weighted by atomic mass is 10.2. The van der Waals surface area contributed by atoms with E-state index in [1.54, 1.807) is 7.11 Å². The third-order valence-electron chi connectivity index (χ3n) is 5.12. The molecule has 12 heteroatoms. The number of azo groups is 1. The zero-order valence-corrected chi connectivity index (χ0v) is 21.3. The first kappa shape index (κ1) is 27.4. The minimum atomic E-state index is -3.78. The van der Waals surface area contributed by atoms with Gasteiger partial charge in [0.25, 0.3) is 0 Å². The summed E-state index contributed by atoms with van der Waals surface area (Å²) < 4.78 is 28.1. The van der Waals surface area contributed by atoms with E-state index in [9.17, 15) is 8.42 Å². The highest BCUT2D eigenvalue weighted by Crippen LogP contribution is 2.34. The lowest BCUT2D eigenvalue weighted by Crippen LogP contribution is -2.20. The van der Waals surface area contributed by atoms with Crippen molar-refractivity contribution in [2.75, 3.05) is 36.2 Å². The molecule has 0 bridgehead atoms. The highest BCUT2D eigenvalue weighted by Gasteiger charge is 2.17. The van der Waals surface area contributed by atoms with E-state index in [0.717, 1.165) is 19.3 Å². The summed E-state index contributed by atoms with van der Waals surface area (Å²) in [5.41, 5.74) is 0.928. The SMILES string of the molecule is CCC(C)Nc1nc(NCCCOC)c(N=Nc2ccc(S(N)(=O)=O)cc2)c(NC(C)CC)n1. The minimum Gasteiger partial charge on any atom is -0.385 e. The van der Waals surface area contributed by atoms with Crippen LogP contribution in [0.2, 0.25) is 0 Å². The van der Waals surface area contributed by atoms with Crippen LogP contribution in [-0.4, -0.2) is 50.7 Å². The van der Waals surface area contributed by atoms with Crippen molar-refractivity contribution < 1.29 is 13.2 Å². The van der Waals surface area contributed by atoms with Gasteiger partial charge in [0.2, 0.25) is 16.0 Å². The van der Waals surface area contributed by atoms with Gasteiger partial charge in [0.1, 0.15) is 0 Å². The van der Waals surface area contributed by atoms with Gasteiger partial charge in [-0.25, -0.2) is 13.6 Å². The van der Waals surface area contributed by atoms with Crippen LogP contribution in [0.3, 0.4) is 0 Å². The molecular formula is C22H36N8O3S. The van der Waals surface area contributed by atoms with Crippen molar-refractivity contribution in [1.82, 2.24) is 9.97 Å². The molecule has 11 nitrogen and oxygen atoms in total. The normalized spacial score (nSPS) is 13.6. The Morgan fingerprint density at radius 2 is 1.62 bits per heavy atom. The Morgan fingerprint density at radius 3 is 2.21 bits per heavy atom. The van der Waals surface area contributed by atoms with E-state index < -0.39 is 10.0 Å². The van der Waals surface area contributed by atoms with Crippen LogP contribution < -0.4 is 21.1 Å². The Bertz CT molecular complexity index is 1040. The Labute approximate surface area is 202 Å². The molecule has 188 valence electrons. The largest absolute Gasteiger partial charge is 0.385 e. The number of nitrogens with zero attached hydrogens (tertiary/aromatic N) is 4. The molecule has 0 aliphatic heterocycles. The molecule has 1 heterocycles. The quantitative estimate of drug-likeness (QED) is 0.223. The fraction of sp³-hybridized carbons (Fsp3) is 0.545. The predicted molar refractivity (Wildman–Crippen MR) is 136 cm³/mol. The number of methoxy groups -OCH3 is 1. The number of ether oxygens (including phenoxy) is 1. The van der Waals surface area contributed by atoms with Gasteiger partial charge >= 0.3 is 0 Å². The third-order valence-corrected chi connectivity index (χ3v) is 6.05. The molecule has 0 fully saturated rings. The van der Waals surface area contributed by atoms with E-state index in [1.165, 1.54) is 24.3 Å². The topological polar surface area (TPSA) is 156 Å². The summed E-state index contributed by atoms with van der Waals surface area (Å²) in [5, 5.41) is 23.9. The van der Waals surface area contributed by atoms with Gasteiger partial charge in [-0.2, -0.15) is 15.1 Å². The highest BCUT2D eigenvalue weighted by atomic mass is 32.2. The maximum absolute atomic E-state index is 11.5. The molecular weight excluding hydrogens is 456 g/mol. The first-order valence-corrected chi connectivity index (χ1v) is 12.9. The van der Waals surface area contributed by atoms with E-state index in [-0.39, 0.29) is 17.0 Å². The van der Waals surface area contributed by atoms with Gasteiger partial charge in [-0.15, -0.1) is 5.11 Å². The van der Waals surface area contributed by atoms with Crippen LogP contribution in [0.25, 0.3) is 0 Å². The Kier molecular flexibility index (Phi) is 10.6. The number of rotatable bonds is 14. The summed E-state index contributed by atoms with van der Waals surface area (Å²) in [6.45, 7) is 9.53. The molecule has 2 rings (SSSR count). The average Bonchev–Trinajstić information content (AvgIpc) is 2.80. The van der Waals surface area contributed by atoms with Crippen LogP contribution in [-0.2, 0) is 14.8 Å². The van der Waals surface area contributed by atoms with Crippen LogP contribution in [0.1, 0.15) is 47.0 Å². The highest BCUT2D eigenvalue weighted by molar-refractivity contribution is 7.89. The van der Waals surface area contributed by atoms with Crippen molar-refractivity contribution in [3.8, 4) is 0 Å². The molecule has 0 aliphatic rings. The van der Waals surface area contributed by atoms with Crippen molar-refractivity contribution in [3.05, 3.63) is 24.3 Å². The van der Waals surface area contributed by atoms with E-state index >= 15 is 0 Å². The second-order valence-electron chi connectivity index (χ2n) is 8.01. The number of anilines is 3. The number of hydrogen-bond acceptors (Lipinski definition) is 10. The van der Waals surface area contributed by atoms with Gasteiger partial charge in [0.05, 0.1) is 10.6 Å². The number of benzene rings is 1. The summed E-state index contributed by atoms with van der Waals surface area (Å²) in [6, 6.07) is 6.20. The lowest BCUT2D eigenvalue weighted by molar-refractivity contribution is 0.198. The monoisotopic (exact) mass is 492 g/mol. The number of aromatic nitrogens is 2. The second kappa shape index (κ2) is 13.2. The number of sulfonamides is 1. The summed E-state index contributed by atoms with van der Waals surface area (Å²) in [4.78, 5) is 9.32. The molecule has 34 heavy (non-hydrogen) atoms. The van der Waals surface area contributed by atoms with Gasteiger partial charge in [0, 0.05) is 32.3 Å². The maximum atomic E-state index is 11.5. The number of nitrogens with one attached hydrogen (secondary N) is 3. The van der Waals surface area contributed by atoms with Crippen molar-refractivity contribution >= 4 is 39.0 Å². The van der Waals surface area contributed by atoms with E-state index in [1.807, 2.05) is 0 Å². The molecule has 5 N–H and O–H groups in total. The third kappa shape index (κ3) is 8.50. The van der Waals surface area contributed by atoms with Gasteiger partial charge in [-0.05, 0) is 57.4 Å². The molecule has 0 spiro atoms. The fourth-order valence-electron chi connectivity index (χ4n) is 2.73. The van der Waals surface area contributed by atoms with E-state index in [4.69, 9.17) is 9.88 Å². The van der Waals surface area contributed by atoms with Gasteiger partial charge in [-0.3, -0.25) is 0 Å². The molecule has 1 aromatic heterocycles. The molecule has 0 aliphatic carbocycles. The van der Waals surface area contributed by atoms with Crippen LogP contribution in [0.15, 0.2) is 39.4 Å². The van der Waals surface area contributed by atoms with Gasteiger partial charge in [0.15, 0.2) is 17.3 Å². The van der Waals surface area contributed by atoms with Crippen LogP contribution >= 0.6 is 0 Å². The van der Waals surface area contributed by atoms with Crippen LogP contribution in [0, 0.1) is 0 Å². The zero-order chi connectivity index (χ0) is 25.1. The summed E-state index contributed by atoms with van der Waals surface area (Å²) >= 11 is 0. The predicted octanol–water partition coefficient (Wildman–Crippen LogP) is 4.41. The fourth-order valence-corrected chi connectivity index (χ4v) is 3.24. The number of primary sulfonamides is 1. The van der Waals surface area contributed by atoms with Crippen molar-refractivity contribution in [1.29, 1.82) is 0 Å². The molecule has 1 aromatic carbocycles. The van der Waals surface area contributed by atoms with E-state index in [2.05, 4.69) is 63.8 Å². The zero-order valence-electron chi connectivity index (χ0n) is 20.5. The summed E-state index contributed by atoms with van der Waals surface area (Å²) in [7, 11) is -2.12. The molecule has 2 atom stereocenters. The average molecular weight is 493 g/mol. The van der Waals surface area contributed by atoms with Crippen molar-refractivity contribution in [2.24, 2.45) is 15.4 Å².